The van der Waals surface area contributed by atoms with E-state index in [2.05, 4.69) is 15.2 Å². The molecule has 0 unspecified atom stereocenters. The number of nitrogens with zero attached hydrogens (tertiary/aromatic N) is 2. The Morgan fingerprint density at radius 3 is 2.48 bits per heavy atom. The van der Waals surface area contributed by atoms with Gasteiger partial charge in [0.05, 0.1) is 10.6 Å². The van der Waals surface area contributed by atoms with Crippen LogP contribution in [-0.2, 0) is 37.5 Å². The van der Waals surface area contributed by atoms with E-state index < -0.39 is 0 Å². The van der Waals surface area contributed by atoms with E-state index in [0.717, 1.165) is 10.4 Å². The summed E-state index contributed by atoms with van der Waals surface area (Å²) in [5.41, 5.74) is 1.84. The van der Waals surface area contributed by atoms with E-state index in [0.29, 0.717) is 11.4 Å². The fraction of sp³-hybridized carbons (Fsp3) is 0. The maximum Gasteiger partial charge on any atom is 0.264 e. The third kappa shape index (κ3) is 3.40. The molecule has 0 bridgehead atoms. The van der Waals surface area contributed by atoms with Crippen molar-refractivity contribution in [3.63, 3.8) is 0 Å². The molecule has 1 N–H and O–H groups in total. The second-order valence-corrected chi connectivity index (χ2v) is 4.97. The van der Waals surface area contributed by atoms with E-state index >= 15 is 0 Å². The van der Waals surface area contributed by atoms with Crippen LogP contribution in [0.2, 0.25) is 0 Å². The van der Waals surface area contributed by atoms with E-state index in [1.54, 1.807) is 12.4 Å². The average Bonchev–Trinajstić information content (AvgIpc) is 2.93. The number of carbonyl (C=O) groups excluding carboxylic acids is 1. The summed E-state index contributed by atoms with van der Waals surface area (Å²) in [6.07, 6.45) is 1.80. The van der Waals surface area contributed by atoms with Gasteiger partial charge in [-0.05, 0) is 11.1 Å². The summed E-state index contributed by atoms with van der Waals surface area (Å²) in [5.74, 6) is 0. The minimum atomic E-state index is -0.276. The van der Waals surface area contributed by atoms with Gasteiger partial charge in [-0.1, -0.05) is 30.3 Å². The van der Waals surface area contributed by atoms with E-state index in [4.69, 9.17) is 0 Å². The summed E-state index contributed by atoms with van der Waals surface area (Å²) in [7, 11) is 0. The van der Waals surface area contributed by atoms with Gasteiger partial charge in [0.15, 0.2) is 0 Å². The summed E-state index contributed by atoms with van der Waals surface area (Å²) < 4.78 is 0. The Bertz CT molecular complexity index is 794. The number of aromatic amines is 1. The minimum Gasteiger partial charge on any atom is -0.535 e. The largest absolute Gasteiger partial charge is 0.535 e. The van der Waals surface area contributed by atoms with Gasteiger partial charge in [-0.25, -0.2) is 11.4 Å². The molecule has 3 aromatic rings. The van der Waals surface area contributed by atoms with Crippen LogP contribution in [0.4, 0.5) is 0 Å². The van der Waals surface area contributed by atoms with Crippen molar-refractivity contribution in [1.82, 2.24) is 15.2 Å². The zero-order valence-corrected chi connectivity index (χ0v) is 14.4. The van der Waals surface area contributed by atoms with E-state index in [1.165, 1.54) is 17.4 Å². The van der Waals surface area contributed by atoms with Gasteiger partial charge in [-0.15, -0.1) is 11.3 Å². The SMILES string of the molecule is O=[C-]c1nc(-c2ccccc2)c(-c2ccc(=O)[nH]n2)s1.[Y]. The molecule has 1 radical (unpaired) electrons. The number of aromatic nitrogens is 3. The number of hydrogen-bond donors (Lipinski definition) is 1. The van der Waals surface area contributed by atoms with E-state index in [1.807, 2.05) is 30.3 Å². The second-order valence-electron chi connectivity index (χ2n) is 3.97. The minimum absolute atomic E-state index is 0. The van der Waals surface area contributed by atoms with Crippen LogP contribution in [0, 0.1) is 0 Å². The van der Waals surface area contributed by atoms with Gasteiger partial charge in [0.1, 0.15) is 5.69 Å². The van der Waals surface area contributed by atoms with Crippen molar-refractivity contribution in [2.45, 2.75) is 0 Å². The molecular weight excluding hydrogens is 363 g/mol. The molecule has 0 aliphatic heterocycles. The molecule has 0 atom stereocenters. The molecule has 0 amide bonds. The average molecular weight is 371 g/mol. The molecule has 0 aliphatic carbocycles. The molecule has 0 spiro atoms. The Morgan fingerprint density at radius 2 is 1.86 bits per heavy atom. The van der Waals surface area contributed by atoms with Crippen molar-refractivity contribution in [2.24, 2.45) is 0 Å². The van der Waals surface area contributed by atoms with Crippen LogP contribution in [0.15, 0.2) is 47.3 Å². The van der Waals surface area contributed by atoms with Gasteiger partial charge in [0, 0.05) is 44.3 Å². The Kier molecular flexibility index (Phi) is 5.28. The zero-order chi connectivity index (χ0) is 13.9. The number of benzene rings is 1. The van der Waals surface area contributed by atoms with Crippen molar-refractivity contribution in [3.8, 4) is 21.8 Å². The van der Waals surface area contributed by atoms with Crippen molar-refractivity contribution < 1.29 is 37.5 Å². The molecule has 0 aliphatic rings. The molecule has 2 heterocycles. The predicted octanol–water partition coefficient (Wildman–Crippen LogP) is 2.02. The molecule has 3 rings (SSSR count). The molecule has 5 nitrogen and oxygen atoms in total. The molecule has 2 aromatic heterocycles. The Hall–Kier alpha value is -1.50. The third-order valence-electron chi connectivity index (χ3n) is 2.67. The first-order valence-electron chi connectivity index (χ1n) is 5.78. The van der Waals surface area contributed by atoms with Gasteiger partial charge in [0.25, 0.3) is 5.56 Å². The fourth-order valence-electron chi connectivity index (χ4n) is 1.80. The normalized spacial score (nSPS) is 9.90. The van der Waals surface area contributed by atoms with Gasteiger partial charge >= 0.3 is 0 Å². The summed E-state index contributed by atoms with van der Waals surface area (Å²) in [5, 5.41) is 6.62. The van der Waals surface area contributed by atoms with Crippen molar-refractivity contribution in [3.05, 3.63) is 57.8 Å². The van der Waals surface area contributed by atoms with Crippen LogP contribution in [-0.4, -0.2) is 21.5 Å². The van der Waals surface area contributed by atoms with E-state index in [-0.39, 0.29) is 43.3 Å². The molecular formula is C14H8N3O2SY-. The number of nitrogens with one attached hydrogen (secondary N) is 1. The summed E-state index contributed by atoms with van der Waals surface area (Å²) in [6.45, 7) is 0. The molecule has 7 heteroatoms. The van der Waals surface area contributed by atoms with Crippen LogP contribution in [0.1, 0.15) is 5.01 Å². The van der Waals surface area contributed by atoms with Crippen molar-refractivity contribution in [1.29, 1.82) is 0 Å². The number of hydrogen-bond acceptors (Lipinski definition) is 5. The summed E-state index contributed by atoms with van der Waals surface area (Å²) in [6, 6.07) is 12.5. The summed E-state index contributed by atoms with van der Waals surface area (Å²) in [4.78, 5) is 26.9. The molecule has 21 heavy (non-hydrogen) atoms. The van der Waals surface area contributed by atoms with Crippen LogP contribution >= 0.6 is 11.3 Å². The maximum absolute atomic E-state index is 11.1. The number of thiazole rings is 1. The van der Waals surface area contributed by atoms with Gasteiger partial charge in [0.2, 0.25) is 0 Å². The van der Waals surface area contributed by atoms with Gasteiger partial charge in [-0.3, -0.25) is 9.78 Å². The van der Waals surface area contributed by atoms with Crippen molar-refractivity contribution >= 4 is 17.6 Å². The molecule has 101 valence electrons. The first kappa shape index (κ1) is 15.9. The van der Waals surface area contributed by atoms with Gasteiger partial charge in [-0.2, -0.15) is 5.10 Å². The standard InChI is InChI=1S/C14H8N3O2S.Y/c18-8-12-15-13(9-4-2-1-3-5-9)14(20-12)10-6-7-11(19)17-16-10;/h1-7H,(H,17,19);/q-1;. The van der Waals surface area contributed by atoms with E-state index in [9.17, 15) is 9.59 Å². The van der Waals surface area contributed by atoms with Crippen LogP contribution in [0.25, 0.3) is 21.8 Å². The van der Waals surface area contributed by atoms with Crippen molar-refractivity contribution in [2.75, 3.05) is 0 Å². The first-order valence-corrected chi connectivity index (χ1v) is 6.60. The number of rotatable bonds is 3. The van der Waals surface area contributed by atoms with Gasteiger partial charge < -0.3 is 4.79 Å². The monoisotopic (exact) mass is 371 g/mol. The molecule has 0 saturated carbocycles. The number of H-pyrrole nitrogens is 1. The second kappa shape index (κ2) is 6.98. The third-order valence-corrected chi connectivity index (χ3v) is 3.65. The maximum atomic E-state index is 11.1. The molecule has 1 aromatic carbocycles. The topological polar surface area (TPSA) is 75.7 Å². The molecule has 0 saturated heterocycles. The fourth-order valence-corrected chi connectivity index (χ4v) is 2.65. The van der Waals surface area contributed by atoms with Crippen LogP contribution in [0.3, 0.4) is 0 Å². The first-order chi connectivity index (χ1) is 9.78. The van der Waals surface area contributed by atoms with Crippen LogP contribution in [0.5, 0.6) is 0 Å². The van der Waals surface area contributed by atoms with Crippen LogP contribution < -0.4 is 5.56 Å². The quantitative estimate of drug-likeness (QED) is 0.715. The zero-order valence-electron chi connectivity index (χ0n) is 10.7. The Labute approximate surface area is 149 Å². The Balaban J connectivity index is 0.00000161. The smallest absolute Gasteiger partial charge is 0.264 e. The molecule has 0 fully saturated rings. The predicted molar refractivity (Wildman–Crippen MR) is 76.2 cm³/mol. The summed E-state index contributed by atoms with van der Waals surface area (Å²) >= 11 is 1.19. The Morgan fingerprint density at radius 1 is 1.10 bits per heavy atom.